The van der Waals surface area contributed by atoms with Crippen LogP contribution in [-0.4, -0.2) is 16.9 Å². The van der Waals surface area contributed by atoms with Crippen molar-refractivity contribution in [3.63, 3.8) is 0 Å². The van der Waals surface area contributed by atoms with Gasteiger partial charge in [-0.2, -0.15) is 5.10 Å². The predicted octanol–water partition coefficient (Wildman–Crippen LogP) is 4.17. The van der Waals surface area contributed by atoms with Crippen molar-refractivity contribution in [2.24, 2.45) is 7.05 Å². The highest BCUT2D eigenvalue weighted by molar-refractivity contribution is 9.10. The Balaban J connectivity index is 2.29. The average Bonchev–Trinajstić information content (AvgIpc) is 3.05. The molecule has 0 radical (unpaired) electrons. The summed E-state index contributed by atoms with van der Waals surface area (Å²) in [6, 6.07) is 9.93. The molecule has 6 heteroatoms. The summed E-state index contributed by atoms with van der Waals surface area (Å²) in [4.78, 5) is 0.982. The van der Waals surface area contributed by atoms with Crippen LogP contribution in [0.2, 0.25) is 0 Å². The largest absolute Gasteiger partial charge is 0.495 e. The molecule has 0 bridgehead atoms. The monoisotopic (exact) mass is 363 g/mol. The van der Waals surface area contributed by atoms with Crippen LogP contribution in [0.5, 0.6) is 5.75 Å². The Morgan fingerprint density at radius 3 is 2.76 bits per heavy atom. The van der Waals surface area contributed by atoms with E-state index in [0.717, 1.165) is 31.9 Å². The van der Waals surface area contributed by atoms with E-state index in [1.165, 1.54) is 0 Å². The van der Waals surface area contributed by atoms with E-state index in [0.29, 0.717) is 5.82 Å². The Hall–Kier alpha value is -1.79. The first-order valence-corrected chi connectivity index (χ1v) is 8.00. The lowest BCUT2D eigenvalue weighted by molar-refractivity contribution is 0.418. The molecule has 0 unspecified atom stereocenters. The van der Waals surface area contributed by atoms with Gasteiger partial charge in [0.15, 0.2) is 0 Å². The van der Waals surface area contributed by atoms with E-state index in [1.807, 2.05) is 42.8 Å². The molecule has 2 heterocycles. The number of nitrogens with zero attached hydrogens (tertiary/aromatic N) is 2. The van der Waals surface area contributed by atoms with Crippen LogP contribution in [0.3, 0.4) is 0 Å². The van der Waals surface area contributed by atoms with E-state index in [1.54, 1.807) is 23.1 Å². The third kappa shape index (κ3) is 2.34. The Morgan fingerprint density at radius 1 is 1.29 bits per heavy atom. The quantitative estimate of drug-likeness (QED) is 0.759. The highest BCUT2D eigenvalue weighted by Crippen LogP contribution is 2.44. The number of halogens is 1. The van der Waals surface area contributed by atoms with E-state index in [9.17, 15) is 0 Å². The van der Waals surface area contributed by atoms with Crippen molar-refractivity contribution < 1.29 is 4.74 Å². The number of hydrogen-bond acceptors (Lipinski definition) is 4. The number of anilines is 1. The number of nitrogens with two attached hydrogens (primary N) is 1. The van der Waals surface area contributed by atoms with Crippen LogP contribution in [0.15, 0.2) is 40.2 Å². The summed E-state index contributed by atoms with van der Waals surface area (Å²) in [6.45, 7) is 0. The lowest BCUT2D eigenvalue weighted by Crippen LogP contribution is -1.98. The van der Waals surface area contributed by atoms with E-state index in [-0.39, 0.29) is 0 Å². The van der Waals surface area contributed by atoms with Crippen LogP contribution >= 0.6 is 27.3 Å². The molecule has 3 aromatic rings. The Bertz CT molecular complexity index is 794. The molecule has 0 amide bonds. The van der Waals surface area contributed by atoms with Crippen molar-refractivity contribution >= 4 is 33.1 Å². The molecule has 0 fully saturated rings. The number of thiophene rings is 1. The van der Waals surface area contributed by atoms with Crippen LogP contribution in [0.1, 0.15) is 0 Å². The Morgan fingerprint density at radius 2 is 2.05 bits per heavy atom. The lowest BCUT2D eigenvalue weighted by Gasteiger charge is -2.07. The highest BCUT2D eigenvalue weighted by Gasteiger charge is 2.22. The maximum absolute atomic E-state index is 6.25. The Kier molecular flexibility index (Phi) is 3.73. The van der Waals surface area contributed by atoms with Crippen LogP contribution in [0.4, 0.5) is 5.82 Å². The van der Waals surface area contributed by atoms with Gasteiger partial charge in [-0.3, -0.25) is 4.68 Å². The third-order valence-electron chi connectivity index (χ3n) is 3.30. The number of benzene rings is 1. The zero-order chi connectivity index (χ0) is 15.0. The molecule has 4 nitrogen and oxygen atoms in total. The standard InChI is InChI=1S/C15H14BrN3OS/c1-19-15(17)12(9-5-3-4-6-10(9)16)13(18-19)14-11(20-2)7-8-21-14/h3-8H,17H2,1-2H3. The van der Waals surface area contributed by atoms with Crippen molar-refractivity contribution in [3.8, 4) is 27.4 Å². The topological polar surface area (TPSA) is 53.1 Å². The van der Waals surface area contributed by atoms with Gasteiger partial charge in [0.05, 0.1) is 17.6 Å². The van der Waals surface area contributed by atoms with Gasteiger partial charge in [-0.1, -0.05) is 34.1 Å². The highest BCUT2D eigenvalue weighted by atomic mass is 79.9. The SMILES string of the molecule is COc1ccsc1-c1nn(C)c(N)c1-c1ccccc1Br. The first-order valence-electron chi connectivity index (χ1n) is 6.32. The fraction of sp³-hybridized carbons (Fsp3) is 0.133. The number of aromatic nitrogens is 2. The molecule has 108 valence electrons. The van der Waals surface area contributed by atoms with E-state index in [4.69, 9.17) is 10.5 Å². The fourth-order valence-corrected chi connectivity index (χ4v) is 3.59. The predicted molar refractivity (Wildman–Crippen MR) is 90.6 cm³/mol. The number of aryl methyl sites for hydroxylation is 1. The van der Waals surface area contributed by atoms with Gasteiger partial charge >= 0.3 is 0 Å². The summed E-state index contributed by atoms with van der Waals surface area (Å²) in [7, 11) is 3.51. The van der Waals surface area contributed by atoms with E-state index >= 15 is 0 Å². The van der Waals surface area contributed by atoms with Gasteiger partial charge in [0.25, 0.3) is 0 Å². The van der Waals surface area contributed by atoms with Gasteiger partial charge in [0, 0.05) is 17.1 Å². The maximum atomic E-state index is 6.25. The van der Waals surface area contributed by atoms with Gasteiger partial charge in [0.2, 0.25) is 0 Å². The lowest BCUT2D eigenvalue weighted by atomic mass is 10.0. The number of methoxy groups -OCH3 is 1. The fourth-order valence-electron chi connectivity index (χ4n) is 2.26. The van der Waals surface area contributed by atoms with Crippen LogP contribution < -0.4 is 10.5 Å². The first kappa shape index (κ1) is 14.2. The van der Waals surface area contributed by atoms with Gasteiger partial charge in [-0.25, -0.2) is 0 Å². The summed E-state index contributed by atoms with van der Waals surface area (Å²) in [5.41, 5.74) is 9.03. The first-order chi connectivity index (χ1) is 10.1. The number of hydrogen-bond donors (Lipinski definition) is 1. The molecule has 0 saturated carbocycles. The van der Waals surface area contributed by atoms with Crippen molar-refractivity contribution in [2.45, 2.75) is 0 Å². The average molecular weight is 364 g/mol. The van der Waals surface area contributed by atoms with Gasteiger partial charge in [-0.05, 0) is 17.5 Å². The zero-order valence-electron chi connectivity index (χ0n) is 11.6. The Labute approximate surface area is 135 Å². The van der Waals surface area contributed by atoms with Crippen LogP contribution in [-0.2, 0) is 7.05 Å². The molecule has 0 spiro atoms. The van der Waals surface area contributed by atoms with Crippen molar-refractivity contribution in [3.05, 3.63) is 40.2 Å². The molecule has 3 rings (SSSR count). The maximum Gasteiger partial charge on any atom is 0.139 e. The summed E-state index contributed by atoms with van der Waals surface area (Å²) in [5.74, 6) is 1.44. The molecule has 0 aliphatic heterocycles. The molecule has 1 aromatic carbocycles. The summed E-state index contributed by atoms with van der Waals surface area (Å²) in [5, 5.41) is 6.57. The molecule has 0 aliphatic carbocycles. The van der Waals surface area contributed by atoms with Crippen LogP contribution in [0, 0.1) is 0 Å². The van der Waals surface area contributed by atoms with Crippen molar-refractivity contribution in [2.75, 3.05) is 12.8 Å². The number of ether oxygens (including phenoxy) is 1. The van der Waals surface area contributed by atoms with E-state index in [2.05, 4.69) is 21.0 Å². The number of rotatable bonds is 3. The van der Waals surface area contributed by atoms with Gasteiger partial charge < -0.3 is 10.5 Å². The van der Waals surface area contributed by atoms with Crippen LogP contribution in [0.25, 0.3) is 21.7 Å². The molecular formula is C15H14BrN3OS. The molecule has 2 aromatic heterocycles. The number of nitrogen functional groups attached to an aromatic ring is 1. The van der Waals surface area contributed by atoms with Gasteiger partial charge in [0.1, 0.15) is 17.3 Å². The molecule has 21 heavy (non-hydrogen) atoms. The summed E-state index contributed by atoms with van der Waals surface area (Å²) >= 11 is 5.18. The van der Waals surface area contributed by atoms with Crippen molar-refractivity contribution in [1.82, 2.24) is 9.78 Å². The molecule has 0 atom stereocenters. The minimum absolute atomic E-state index is 0.632. The summed E-state index contributed by atoms with van der Waals surface area (Å²) in [6.07, 6.45) is 0. The molecule has 2 N–H and O–H groups in total. The third-order valence-corrected chi connectivity index (χ3v) is 4.89. The minimum atomic E-state index is 0.632. The second-order valence-corrected chi connectivity index (χ2v) is 6.30. The second kappa shape index (κ2) is 5.54. The molecular weight excluding hydrogens is 350 g/mol. The van der Waals surface area contributed by atoms with Crippen molar-refractivity contribution in [1.29, 1.82) is 0 Å². The second-order valence-electron chi connectivity index (χ2n) is 4.53. The molecule has 0 saturated heterocycles. The van der Waals surface area contributed by atoms with Gasteiger partial charge in [-0.15, -0.1) is 11.3 Å². The minimum Gasteiger partial charge on any atom is -0.495 e. The van der Waals surface area contributed by atoms with E-state index < -0.39 is 0 Å². The molecule has 0 aliphatic rings. The normalized spacial score (nSPS) is 10.8. The smallest absolute Gasteiger partial charge is 0.139 e. The summed E-state index contributed by atoms with van der Waals surface area (Å²) < 4.78 is 8.10. The zero-order valence-corrected chi connectivity index (χ0v) is 14.0.